The number of anilines is 1. The van der Waals surface area contributed by atoms with Crippen LogP contribution in [0.3, 0.4) is 0 Å². The Morgan fingerprint density at radius 2 is 1.48 bits per heavy atom. The number of carbonyl (C=O) groups excluding carboxylic acids is 1. The van der Waals surface area contributed by atoms with Crippen LogP contribution in [-0.2, 0) is 6.18 Å². The van der Waals surface area contributed by atoms with Crippen molar-refractivity contribution in [3.63, 3.8) is 0 Å². The highest BCUT2D eigenvalue weighted by molar-refractivity contribution is 6.04. The third-order valence-electron chi connectivity index (χ3n) is 3.87. The molecule has 0 aliphatic rings. The normalized spacial score (nSPS) is 11.3. The van der Waals surface area contributed by atoms with E-state index in [-0.39, 0.29) is 16.7 Å². The molecule has 0 fully saturated rings. The number of amides is 1. The monoisotopic (exact) mass is 377 g/mol. The summed E-state index contributed by atoms with van der Waals surface area (Å²) < 4.78 is 66.0. The highest BCUT2D eigenvalue weighted by Crippen LogP contribution is 2.33. The van der Waals surface area contributed by atoms with Crippen molar-refractivity contribution in [3.05, 3.63) is 89.5 Å². The minimum absolute atomic E-state index is 0.148. The molecule has 1 N–H and O–H groups in total. The van der Waals surface area contributed by atoms with Gasteiger partial charge in [0.25, 0.3) is 5.91 Å². The van der Waals surface area contributed by atoms with Crippen LogP contribution < -0.4 is 5.32 Å². The van der Waals surface area contributed by atoms with E-state index in [1.165, 1.54) is 42.5 Å². The molecule has 2 nitrogen and oxygen atoms in total. The first-order valence-corrected chi connectivity index (χ1v) is 7.79. The van der Waals surface area contributed by atoms with E-state index in [2.05, 4.69) is 5.32 Å². The fourth-order valence-corrected chi connectivity index (χ4v) is 2.50. The summed E-state index contributed by atoms with van der Waals surface area (Å²) in [6, 6.07) is 13.1. The molecule has 0 aliphatic carbocycles. The van der Waals surface area contributed by atoms with Crippen molar-refractivity contribution in [2.75, 3.05) is 5.32 Å². The van der Waals surface area contributed by atoms with E-state index in [1.54, 1.807) is 0 Å². The standard InChI is InChI=1S/C20H12F5NO/c21-17-4-2-1-3-15(17)19(27)26-14-8-5-12(6-9-14)16-11-13(20(23,24)25)7-10-18(16)22/h1-11H,(H,26,27). The van der Waals surface area contributed by atoms with E-state index < -0.39 is 29.3 Å². The van der Waals surface area contributed by atoms with Crippen molar-refractivity contribution < 1.29 is 26.7 Å². The van der Waals surface area contributed by atoms with E-state index in [0.717, 1.165) is 18.2 Å². The Morgan fingerprint density at radius 1 is 0.815 bits per heavy atom. The SMILES string of the molecule is O=C(Nc1ccc(-c2cc(C(F)(F)F)ccc2F)cc1)c1ccccc1F. The van der Waals surface area contributed by atoms with Gasteiger partial charge >= 0.3 is 6.18 Å². The molecule has 3 aromatic carbocycles. The van der Waals surface area contributed by atoms with Crippen molar-refractivity contribution in [1.29, 1.82) is 0 Å². The maximum absolute atomic E-state index is 13.9. The van der Waals surface area contributed by atoms with Gasteiger partial charge < -0.3 is 5.32 Å². The predicted octanol–water partition coefficient (Wildman–Crippen LogP) is 5.90. The summed E-state index contributed by atoms with van der Waals surface area (Å²) in [5, 5.41) is 2.48. The fraction of sp³-hybridized carbons (Fsp3) is 0.0500. The summed E-state index contributed by atoms with van der Waals surface area (Å²) in [5.74, 6) is -2.16. The van der Waals surface area contributed by atoms with Gasteiger partial charge in [-0.3, -0.25) is 4.79 Å². The third kappa shape index (κ3) is 4.13. The first-order chi connectivity index (χ1) is 12.8. The number of carbonyl (C=O) groups is 1. The summed E-state index contributed by atoms with van der Waals surface area (Å²) in [5.41, 5.74) is -0.819. The Hall–Kier alpha value is -3.22. The topological polar surface area (TPSA) is 29.1 Å². The van der Waals surface area contributed by atoms with Gasteiger partial charge in [0.2, 0.25) is 0 Å². The zero-order valence-corrected chi connectivity index (χ0v) is 13.6. The van der Waals surface area contributed by atoms with E-state index >= 15 is 0 Å². The van der Waals surface area contributed by atoms with Gasteiger partial charge in [-0.1, -0.05) is 24.3 Å². The molecule has 138 valence electrons. The summed E-state index contributed by atoms with van der Waals surface area (Å²) in [4.78, 5) is 12.1. The first kappa shape index (κ1) is 18.6. The molecule has 0 spiro atoms. The van der Waals surface area contributed by atoms with Gasteiger partial charge in [0.1, 0.15) is 11.6 Å². The van der Waals surface area contributed by atoms with Crippen molar-refractivity contribution in [1.82, 2.24) is 0 Å². The largest absolute Gasteiger partial charge is 0.416 e. The molecule has 0 heterocycles. The molecule has 27 heavy (non-hydrogen) atoms. The Balaban J connectivity index is 1.84. The average molecular weight is 377 g/mol. The van der Waals surface area contributed by atoms with Crippen LogP contribution in [0, 0.1) is 11.6 Å². The van der Waals surface area contributed by atoms with Gasteiger partial charge in [0, 0.05) is 11.3 Å². The van der Waals surface area contributed by atoms with Gasteiger partial charge in [0.15, 0.2) is 0 Å². The second-order valence-corrected chi connectivity index (χ2v) is 5.70. The van der Waals surface area contributed by atoms with E-state index in [1.807, 2.05) is 0 Å². The second kappa shape index (κ2) is 7.19. The number of nitrogens with one attached hydrogen (secondary N) is 1. The Bertz CT molecular complexity index is 980. The molecule has 7 heteroatoms. The first-order valence-electron chi connectivity index (χ1n) is 7.79. The number of benzene rings is 3. The lowest BCUT2D eigenvalue weighted by Gasteiger charge is -2.11. The molecule has 1 amide bonds. The molecule has 0 aromatic heterocycles. The summed E-state index contributed by atoms with van der Waals surface area (Å²) in [6.07, 6.45) is -4.59. The molecule has 0 bridgehead atoms. The molecular weight excluding hydrogens is 365 g/mol. The lowest BCUT2D eigenvalue weighted by atomic mass is 10.0. The minimum atomic E-state index is -4.59. The Kier molecular flexibility index (Phi) is 4.94. The van der Waals surface area contributed by atoms with Crippen LogP contribution in [-0.4, -0.2) is 5.91 Å². The van der Waals surface area contributed by atoms with Gasteiger partial charge in [-0.15, -0.1) is 0 Å². The summed E-state index contributed by atoms with van der Waals surface area (Å²) in [7, 11) is 0. The zero-order valence-electron chi connectivity index (χ0n) is 13.6. The van der Waals surface area contributed by atoms with Crippen molar-refractivity contribution in [2.24, 2.45) is 0 Å². The maximum Gasteiger partial charge on any atom is 0.416 e. The highest BCUT2D eigenvalue weighted by Gasteiger charge is 2.31. The van der Waals surface area contributed by atoms with Crippen molar-refractivity contribution in [2.45, 2.75) is 6.18 Å². The Morgan fingerprint density at radius 3 is 2.11 bits per heavy atom. The molecule has 0 saturated carbocycles. The number of hydrogen-bond donors (Lipinski definition) is 1. The van der Waals surface area contributed by atoms with Gasteiger partial charge in [0.05, 0.1) is 11.1 Å². The lowest BCUT2D eigenvalue weighted by Crippen LogP contribution is -2.13. The molecular formula is C20H12F5NO. The predicted molar refractivity (Wildman–Crippen MR) is 91.2 cm³/mol. The average Bonchev–Trinajstić information content (AvgIpc) is 2.62. The molecule has 0 unspecified atom stereocenters. The lowest BCUT2D eigenvalue weighted by molar-refractivity contribution is -0.137. The Labute approximate surface area is 151 Å². The highest BCUT2D eigenvalue weighted by atomic mass is 19.4. The summed E-state index contributed by atoms with van der Waals surface area (Å²) >= 11 is 0. The van der Waals surface area contributed by atoms with E-state index in [0.29, 0.717) is 11.8 Å². The maximum atomic E-state index is 13.9. The molecule has 3 rings (SSSR count). The van der Waals surface area contributed by atoms with Gasteiger partial charge in [-0.05, 0) is 48.0 Å². The zero-order chi connectivity index (χ0) is 19.6. The second-order valence-electron chi connectivity index (χ2n) is 5.70. The van der Waals surface area contributed by atoms with E-state index in [9.17, 15) is 26.7 Å². The van der Waals surface area contributed by atoms with Crippen molar-refractivity contribution in [3.8, 4) is 11.1 Å². The van der Waals surface area contributed by atoms with Crippen LogP contribution in [0.25, 0.3) is 11.1 Å². The van der Waals surface area contributed by atoms with Crippen LogP contribution in [0.4, 0.5) is 27.6 Å². The number of halogens is 5. The van der Waals surface area contributed by atoms with Crippen LogP contribution >= 0.6 is 0 Å². The summed E-state index contributed by atoms with van der Waals surface area (Å²) in [6.45, 7) is 0. The fourth-order valence-electron chi connectivity index (χ4n) is 2.50. The minimum Gasteiger partial charge on any atom is -0.322 e. The van der Waals surface area contributed by atoms with Crippen LogP contribution in [0.15, 0.2) is 66.7 Å². The molecule has 3 aromatic rings. The van der Waals surface area contributed by atoms with Gasteiger partial charge in [-0.2, -0.15) is 13.2 Å². The smallest absolute Gasteiger partial charge is 0.322 e. The van der Waals surface area contributed by atoms with Crippen LogP contribution in [0.2, 0.25) is 0 Å². The van der Waals surface area contributed by atoms with Crippen LogP contribution in [0.1, 0.15) is 15.9 Å². The van der Waals surface area contributed by atoms with Gasteiger partial charge in [-0.25, -0.2) is 8.78 Å². The molecule has 0 aliphatic heterocycles. The van der Waals surface area contributed by atoms with Crippen molar-refractivity contribution >= 4 is 11.6 Å². The van der Waals surface area contributed by atoms with E-state index in [4.69, 9.17) is 0 Å². The molecule has 0 radical (unpaired) electrons. The number of rotatable bonds is 3. The van der Waals surface area contributed by atoms with Crippen LogP contribution in [0.5, 0.6) is 0 Å². The quantitative estimate of drug-likeness (QED) is 0.566. The molecule has 0 atom stereocenters. The number of hydrogen-bond acceptors (Lipinski definition) is 1. The third-order valence-corrected chi connectivity index (χ3v) is 3.87. The molecule has 0 saturated heterocycles. The number of alkyl halides is 3.